The molecule has 0 amide bonds. The van der Waals surface area contributed by atoms with Crippen molar-refractivity contribution in [2.24, 2.45) is 5.41 Å². The summed E-state index contributed by atoms with van der Waals surface area (Å²) in [5.41, 5.74) is 3.35. The molecule has 0 spiro atoms. The number of methoxy groups -OCH3 is 1. The van der Waals surface area contributed by atoms with Gasteiger partial charge in [-0.05, 0) is 49.1 Å². The van der Waals surface area contributed by atoms with Gasteiger partial charge in [-0.2, -0.15) is 0 Å². The van der Waals surface area contributed by atoms with E-state index in [9.17, 15) is 9.59 Å². The van der Waals surface area contributed by atoms with E-state index in [0.717, 1.165) is 42.6 Å². The first-order chi connectivity index (χ1) is 15.0. The van der Waals surface area contributed by atoms with E-state index in [4.69, 9.17) is 14.8 Å². The Balaban J connectivity index is 1.52. The van der Waals surface area contributed by atoms with Crippen LogP contribution in [0.15, 0.2) is 24.7 Å². The van der Waals surface area contributed by atoms with Crippen molar-refractivity contribution in [1.29, 1.82) is 0 Å². The SMILES string of the molecule is COC(=O)C1(Cc2cc(C3CC3)cn3cc(Cn4cc(C(=O)O)nn4)nc23)CCCC1. The summed E-state index contributed by atoms with van der Waals surface area (Å²) in [7, 11) is 1.47. The van der Waals surface area contributed by atoms with Crippen LogP contribution in [0.25, 0.3) is 5.65 Å². The van der Waals surface area contributed by atoms with E-state index in [0.29, 0.717) is 18.9 Å². The van der Waals surface area contributed by atoms with Crippen molar-refractivity contribution in [3.05, 3.63) is 47.2 Å². The monoisotopic (exact) mass is 423 g/mol. The van der Waals surface area contributed by atoms with E-state index in [1.807, 2.05) is 10.6 Å². The number of hydrogen-bond acceptors (Lipinski definition) is 6. The van der Waals surface area contributed by atoms with E-state index in [1.54, 1.807) is 0 Å². The van der Waals surface area contributed by atoms with Crippen LogP contribution in [0.1, 0.15) is 71.8 Å². The highest BCUT2D eigenvalue weighted by atomic mass is 16.5. The van der Waals surface area contributed by atoms with Crippen LogP contribution < -0.4 is 0 Å². The number of carboxylic acid groups (broad SMARTS) is 1. The zero-order valence-corrected chi connectivity index (χ0v) is 17.5. The highest BCUT2D eigenvalue weighted by molar-refractivity contribution is 5.84. The number of carboxylic acids is 1. The van der Waals surface area contributed by atoms with Crippen molar-refractivity contribution in [2.75, 3.05) is 7.11 Å². The van der Waals surface area contributed by atoms with Gasteiger partial charge in [-0.15, -0.1) is 5.10 Å². The molecule has 31 heavy (non-hydrogen) atoms. The highest BCUT2D eigenvalue weighted by Gasteiger charge is 2.43. The number of carbonyl (C=O) groups excluding carboxylic acids is 1. The van der Waals surface area contributed by atoms with Gasteiger partial charge in [0.15, 0.2) is 5.69 Å². The summed E-state index contributed by atoms with van der Waals surface area (Å²) in [6, 6.07) is 2.21. The van der Waals surface area contributed by atoms with Crippen LogP contribution >= 0.6 is 0 Å². The van der Waals surface area contributed by atoms with Crippen molar-refractivity contribution >= 4 is 17.6 Å². The van der Waals surface area contributed by atoms with Gasteiger partial charge in [0.25, 0.3) is 0 Å². The number of fused-ring (bicyclic) bond motifs is 1. The summed E-state index contributed by atoms with van der Waals surface area (Å²) in [5.74, 6) is -0.669. The van der Waals surface area contributed by atoms with Crippen LogP contribution in [0.4, 0.5) is 0 Å². The maximum absolute atomic E-state index is 12.7. The lowest BCUT2D eigenvalue weighted by atomic mass is 9.80. The Morgan fingerprint density at radius 1 is 1.23 bits per heavy atom. The Kier molecular flexibility index (Phi) is 4.75. The number of ether oxygens (including phenoxy) is 1. The molecule has 2 fully saturated rings. The van der Waals surface area contributed by atoms with Crippen LogP contribution in [0.5, 0.6) is 0 Å². The van der Waals surface area contributed by atoms with Crippen molar-refractivity contribution in [1.82, 2.24) is 24.4 Å². The number of hydrogen-bond donors (Lipinski definition) is 1. The van der Waals surface area contributed by atoms with Gasteiger partial charge >= 0.3 is 11.9 Å². The molecule has 0 aromatic carbocycles. The Morgan fingerprint density at radius 3 is 2.65 bits per heavy atom. The minimum atomic E-state index is -1.11. The molecule has 2 aliphatic rings. The number of aromatic carboxylic acids is 1. The summed E-state index contributed by atoms with van der Waals surface area (Å²) < 4.78 is 8.69. The van der Waals surface area contributed by atoms with Gasteiger partial charge in [-0.3, -0.25) is 4.79 Å². The Labute approximate surface area is 179 Å². The van der Waals surface area contributed by atoms with Gasteiger partial charge in [0.2, 0.25) is 0 Å². The lowest BCUT2D eigenvalue weighted by molar-refractivity contribution is -0.152. The first kappa shape index (κ1) is 19.7. The number of esters is 1. The van der Waals surface area contributed by atoms with Crippen molar-refractivity contribution in [2.45, 2.75) is 57.4 Å². The molecule has 3 aromatic rings. The van der Waals surface area contributed by atoms with E-state index in [2.05, 4.69) is 22.6 Å². The van der Waals surface area contributed by atoms with Crippen LogP contribution in [-0.2, 0) is 22.5 Å². The maximum Gasteiger partial charge on any atom is 0.358 e. The smallest absolute Gasteiger partial charge is 0.358 e. The lowest BCUT2D eigenvalue weighted by Gasteiger charge is -2.26. The predicted octanol–water partition coefficient (Wildman–Crippen LogP) is 2.83. The van der Waals surface area contributed by atoms with Gasteiger partial charge < -0.3 is 14.2 Å². The third-order valence-corrected chi connectivity index (χ3v) is 6.54. The van der Waals surface area contributed by atoms with E-state index < -0.39 is 11.4 Å². The quantitative estimate of drug-likeness (QED) is 0.582. The number of carbonyl (C=O) groups is 2. The largest absolute Gasteiger partial charge is 0.476 e. The van der Waals surface area contributed by atoms with Crippen molar-refractivity contribution in [3.8, 4) is 0 Å². The van der Waals surface area contributed by atoms with Gasteiger partial charge in [-0.25, -0.2) is 14.5 Å². The summed E-state index contributed by atoms with van der Waals surface area (Å²) >= 11 is 0. The Bertz CT molecular complexity index is 1150. The molecular weight excluding hydrogens is 398 g/mol. The molecule has 3 aromatic heterocycles. The molecule has 0 radical (unpaired) electrons. The molecule has 2 saturated carbocycles. The molecule has 0 atom stereocenters. The molecule has 0 aliphatic heterocycles. The average molecular weight is 423 g/mol. The number of nitrogens with zero attached hydrogens (tertiary/aromatic N) is 5. The number of aromatic nitrogens is 5. The number of imidazole rings is 1. The van der Waals surface area contributed by atoms with Gasteiger partial charge in [0, 0.05) is 12.4 Å². The molecule has 9 heteroatoms. The molecule has 0 saturated heterocycles. The fraction of sp³-hybridized carbons (Fsp3) is 0.500. The van der Waals surface area contributed by atoms with Crippen molar-refractivity contribution < 1.29 is 19.4 Å². The minimum absolute atomic E-state index is 0.0956. The van der Waals surface area contributed by atoms with Gasteiger partial charge in [0.05, 0.1) is 31.0 Å². The summed E-state index contributed by atoms with van der Waals surface area (Å²) in [4.78, 5) is 28.6. The Morgan fingerprint density at radius 2 is 2.00 bits per heavy atom. The summed E-state index contributed by atoms with van der Waals surface area (Å²) in [6.45, 7) is 0.322. The number of rotatable bonds is 7. The predicted molar refractivity (Wildman–Crippen MR) is 110 cm³/mol. The van der Waals surface area contributed by atoms with Crippen LogP contribution in [0, 0.1) is 5.41 Å². The second kappa shape index (κ2) is 7.47. The molecular formula is C22H25N5O4. The Hall–Kier alpha value is -3.23. The first-order valence-electron chi connectivity index (χ1n) is 10.7. The minimum Gasteiger partial charge on any atom is -0.476 e. The summed E-state index contributed by atoms with van der Waals surface area (Å²) in [6.07, 6.45) is 12.2. The standard InChI is InChI=1S/C22H25N5O4/c1-31-21(30)22(6-2-3-7-22)9-15-8-16(14-4-5-14)10-26-11-17(23-19(15)26)12-27-13-18(20(28)29)24-25-27/h8,10-11,13-14H,2-7,9,12H2,1H3,(H,28,29). The highest BCUT2D eigenvalue weighted by Crippen LogP contribution is 2.44. The van der Waals surface area contributed by atoms with Crippen molar-refractivity contribution in [3.63, 3.8) is 0 Å². The topological polar surface area (TPSA) is 112 Å². The molecule has 0 bridgehead atoms. The third-order valence-electron chi connectivity index (χ3n) is 6.54. The second-order valence-corrected chi connectivity index (χ2v) is 8.80. The molecule has 0 unspecified atom stereocenters. The van der Waals surface area contributed by atoms with E-state index in [1.165, 1.54) is 36.4 Å². The lowest BCUT2D eigenvalue weighted by Crippen LogP contribution is -2.32. The first-order valence-corrected chi connectivity index (χ1v) is 10.7. The molecule has 3 heterocycles. The second-order valence-electron chi connectivity index (χ2n) is 8.80. The van der Waals surface area contributed by atoms with Crippen LogP contribution in [0.3, 0.4) is 0 Å². The average Bonchev–Trinajstić information content (AvgIpc) is 3.13. The summed E-state index contributed by atoms with van der Waals surface area (Å²) in [5, 5.41) is 16.6. The molecule has 5 rings (SSSR count). The zero-order chi connectivity index (χ0) is 21.6. The van der Waals surface area contributed by atoms with Gasteiger partial charge in [-0.1, -0.05) is 24.1 Å². The van der Waals surface area contributed by atoms with Crippen LogP contribution in [0.2, 0.25) is 0 Å². The van der Waals surface area contributed by atoms with Crippen LogP contribution in [-0.4, -0.2) is 48.5 Å². The molecule has 162 valence electrons. The molecule has 9 nitrogen and oxygen atoms in total. The van der Waals surface area contributed by atoms with E-state index >= 15 is 0 Å². The maximum atomic E-state index is 12.7. The van der Waals surface area contributed by atoms with Gasteiger partial charge in [0.1, 0.15) is 5.65 Å². The fourth-order valence-electron chi connectivity index (χ4n) is 4.82. The zero-order valence-electron chi connectivity index (χ0n) is 17.5. The fourth-order valence-corrected chi connectivity index (χ4v) is 4.82. The van der Waals surface area contributed by atoms with E-state index in [-0.39, 0.29) is 11.7 Å². The molecule has 2 aliphatic carbocycles. The third kappa shape index (κ3) is 3.68. The normalized spacial score (nSPS) is 17.8. The number of pyridine rings is 1. The molecule has 1 N–H and O–H groups in total.